The molecule has 1 N–H and O–H groups in total. The quantitative estimate of drug-likeness (QED) is 0.481. The van der Waals surface area contributed by atoms with Crippen molar-refractivity contribution >= 4 is 34.9 Å². The fourth-order valence-corrected chi connectivity index (χ4v) is 6.52. The van der Waals surface area contributed by atoms with Gasteiger partial charge in [-0.2, -0.15) is 0 Å². The van der Waals surface area contributed by atoms with E-state index in [-0.39, 0.29) is 7.33 Å². The van der Waals surface area contributed by atoms with E-state index in [1.165, 1.54) is 50.5 Å². The lowest BCUT2D eigenvalue weighted by molar-refractivity contribution is 0.0943. The summed E-state index contributed by atoms with van der Waals surface area (Å²) >= 11 is 12.6. The number of amides is 1. The normalized spacial score (nSPS) is 20.8. The van der Waals surface area contributed by atoms with Crippen LogP contribution in [-0.2, 0) is 6.54 Å². The largest absolute Gasteiger partial charge is 0.353 e. The number of hydrogen-bond acceptors (Lipinski definition) is 5. The molecule has 37 heavy (non-hydrogen) atoms. The number of aromatic nitrogens is 1. The molecule has 2 aliphatic heterocycles. The van der Waals surface area contributed by atoms with Crippen LogP contribution in [0.3, 0.4) is 0 Å². The molecule has 1 aliphatic carbocycles. The standard InChI is InChI=1S/C29H39Cl2N5O.H2/c30-25-8-6-23(7-9-25)21-34-12-10-26(11-13-34)35-14-16-36(17-15-35)28-27(31)18-24(20-32-28)29(37)33-19-22-4-2-1-3-5-22;/h6-9,18,20,22,26H,1-5,10-17,19,21H2,(H,33,37);1H. The lowest BCUT2D eigenvalue weighted by Crippen LogP contribution is -2.53. The summed E-state index contributed by atoms with van der Waals surface area (Å²) in [5, 5.41) is 4.45. The number of piperazine rings is 1. The van der Waals surface area contributed by atoms with Crippen LogP contribution in [0, 0.1) is 5.92 Å². The monoisotopic (exact) mass is 545 g/mol. The number of rotatable bonds is 7. The molecule has 1 saturated carbocycles. The minimum atomic E-state index is -0.0706. The maximum atomic E-state index is 12.6. The number of nitrogens with one attached hydrogen (secondary N) is 1. The molecule has 1 aromatic heterocycles. The number of halogens is 2. The van der Waals surface area contributed by atoms with Crippen LogP contribution in [0.4, 0.5) is 5.82 Å². The Morgan fingerprint density at radius 2 is 1.65 bits per heavy atom. The molecule has 202 valence electrons. The molecule has 0 radical (unpaired) electrons. The van der Waals surface area contributed by atoms with Crippen molar-refractivity contribution in [1.29, 1.82) is 0 Å². The minimum Gasteiger partial charge on any atom is -0.353 e. The van der Waals surface area contributed by atoms with Crippen molar-refractivity contribution < 1.29 is 6.22 Å². The van der Waals surface area contributed by atoms with Gasteiger partial charge < -0.3 is 10.2 Å². The van der Waals surface area contributed by atoms with Crippen LogP contribution in [0.2, 0.25) is 10.0 Å². The molecule has 0 atom stereocenters. The van der Waals surface area contributed by atoms with Gasteiger partial charge in [0.25, 0.3) is 5.91 Å². The zero-order valence-corrected chi connectivity index (χ0v) is 23.2. The zero-order chi connectivity index (χ0) is 25.6. The molecular formula is C29H41Cl2N5O. The number of hydrogen-bond donors (Lipinski definition) is 1. The van der Waals surface area contributed by atoms with Gasteiger partial charge in [-0.15, -0.1) is 0 Å². The molecule has 3 fully saturated rings. The smallest absolute Gasteiger partial charge is 0.252 e. The van der Waals surface area contributed by atoms with Crippen molar-refractivity contribution in [1.82, 2.24) is 20.1 Å². The third-order valence-electron chi connectivity index (χ3n) is 8.37. The second kappa shape index (κ2) is 12.8. The number of piperidine rings is 1. The summed E-state index contributed by atoms with van der Waals surface area (Å²) in [6, 6.07) is 10.6. The van der Waals surface area contributed by atoms with Crippen LogP contribution in [-0.4, -0.2) is 72.5 Å². The Morgan fingerprint density at radius 1 is 0.946 bits per heavy atom. The number of anilines is 1. The summed E-state index contributed by atoms with van der Waals surface area (Å²) in [6.07, 6.45) is 10.4. The van der Waals surface area contributed by atoms with E-state index in [0.717, 1.165) is 63.2 Å². The van der Waals surface area contributed by atoms with Gasteiger partial charge in [-0.1, -0.05) is 54.6 Å². The Labute approximate surface area is 232 Å². The van der Waals surface area contributed by atoms with Gasteiger partial charge in [-0.25, -0.2) is 4.98 Å². The summed E-state index contributed by atoms with van der Waals surface area (Å²) < 4.78 is 0. The van der Waals surface area contributed by atoms with Crippen molar-refractivity contribution in [2.75, 3.05) is 50.7 Å². The van der Waals surface area contributed by atoms with E-state index < -0.39 is 0 Å². The Kier molecular flexibility index (Phi) is 9.24. The maximum absolute atomic E-state index is 12.6. The molecule has 1 aromatic carbocycles. The summed E-state index contributed by atoms with van der Waals surface area (Å²) in [7, 11) is 0. The highest BCUT2D eigenvalue weighted by Gasteiger charge is 2.28. The van der Waals surface area contributed by atoms with Crippen molar-refractivity contribution in [2.45, 2.75) is 57.5 Å². The molecule has 8 heteroatoms. The highest BCUT2D eigenvalue weighted by molar-refractivity contribution is 6.33. The Hall–Kier alpha value is -1.86. The van der Waals surface area contributed by atoms with Crippen LogP contribution in [0.1, 0.15) is 62.3 Å². The van der Waals surface area contributed by atoms with Crippen LogP contribution < -0.4 is 10.2 Å². The van der Waals surface area contributed by atoms with Crippen LogP contribution in [0.5, 0.6) is 0 Å². The number of likely N-dealkylation sites (tertiary alicyclic amines) is 1. The first-order valence-corrected chi connectivity index (χ1v) is 14.7. The van der Waals surface area contributed by atoms with E-state index in [0.29, 0.717) is 22.5 Å². The predicted octanol–water partition coefficient (Wildman–Crippen LogP) is 5.73. The average molecular weight is 547 g/mol. The van der Waals surface area contributed by atoms with Crippen molar-refractivity contribution in [3.8, 4) is 0 Å². The van der Waals surface area contributed by atoms with Crippen LogP contribution in [0.25, 0.3) is 0 Å². The molecule has 5 rings (SSSR count). The molecule has 0 unspecified atom stereocenters. The van der Waals surface area contributed by atoms with Gasteiger partial charge >= 0.3 is 0 Å². The second-order valence-electron chi connectivity index (χ2n) is 10.9. The molecular weight excluding hydrogens is 505 g/mol. The third kappa shape index (κ3) is 7.17. The summed E-state index contributed by atoms with van der Waals surface area (Å²) in [6.45, 7) is 7.86. The Morgan fingerprint density at radius 3 is 2.32 bits per heavy atom. The number of carbonyl (C=O) groups is 1. The van der Waals surface area contributed by atoms with Gasteiger partial charge in [0, 0.05) is 58.0 Å². The van der Waals surface area contributed by atoms with Gasteiger partial charge in [0.2, 0.25) is 0 Å². The van der Waals surface area contributed by atoms with E-state index in [9.17, 15) is 4.79 Å². The fourth-order valence-electron chi connectivity index (χ4n) is 6.11. The Balaban J connectivity index is 0.00000336. The molecule has 3 aliphatic rings. The van der Waals surface area contributed by atoms with Crippen molar-refractivity contribution in [2.24, 2.45) is 5.92 Å². The molecule has 2 saturated heterocycles. The van der Waals surface area contributed by atoms with E-state index in [4.69, 9.17) is 23.2 Å². The number of benzene rings is 1. The van der Waals surface area contributed by atoms with Crippen molar-refractivity contribution in [3.63, 3.8) is 0 Å². The minimum absolute atomic E-state index is 0. The number of pyridine rings is 1. The van der Waals surface area contributed by atoms with Gasteiger partial charge in [-0.3, -0.25) is 14.6 Å². The maximum Gasteiger partial charge on any atom is 0.252 e. The first-order chi connectivity index (χ1) is 18.0. The zero-order valence-electron chi connectivity index (χ0n) is 21.7. The summed E-state index contributed by atoms with van der Waals surface area (Å²) in [5.41, 5.74) is 1.88. The molecule has 3 heterocycles. The lowest BCUT2D eigenvalue weighted by atomic mass is 9.89. The predicted molar refractivity (Wildman–Crippen MR) is 154 cm³/mol. The highest BCUT2D eigenvalue weighted by atomic mass is 35.5. The topological polar surface area (TPSA) is 51.7 Å². The van der Waals surface area contributed by atoms with Gasteiger partial charge in [-0.05, 0) is 68.5 Å². The first kappa shape index (κ1) is 26.7. The molecule has 0 spiro atoms. The van der Waals surface area contributed by atoms with Crippen LogP contribution >= 0.6 is 23.2 Å². The number of nitrogens with zero attached hydrogens (tertiary/aromatic N) is 4. The molecule has 1 amide bonds. The molecule has 6 nitrogen and oxygen atoms in total. The Bertz CT molecular complexity index is 1030. The molecule has 0 bridgehead atoms. The van der Waals surface area contributed by atoms with Gasteiger partial charge in [0.1, 0.15) is 5.82 Å². The van der Waals surface area contributed by atoms with Crippen LogP contribution in [0.15, 0.2) is 36.5 Å². The van der Waals surface area contributed by atoms with E-state index >= 15 is 0 Å². The summed E-state index contributed by atoms with van der Waals surface area (Å²) in [5.74, 6) is 1.33. The second-order valence-corrected chi connectivity index (χ2v) is 11.7. The fraction of sp³-hybridized carbons (Fsp3) is 0.586. The van der Waals surface area contributed by atoms with Gasteiger partial charge in [0.05, 0.1) is 10.6 Å². The third-order valence-corrected chi connectivity index (χ3v) is 8.90. The average Bonchev–Trinajstić information content (AvgIpc) is 2.94. The highest BCUT2D eigenvalue weighted by Crippen LogP contribution is 2.27. The van der Waals surface area contributed by atoms with E-state index in [2.05, 4.69) is 37.1 Å². The lowest BCUT2D eigenvalue weighted by Gasteiger charge is -2.43. The van der Waals surface area contributed by atoms with Gasteiger partial charge in [0.15, 0.2) is 0 Å². The van der Waals surface area contributed by atoms with Crippen molar-refractivity contribution in [3.05, 3.63) is 57.7 Å². The number of carbonyl (C=O) groups excluding carboxylic acids is 1. The van der Waals surface area contributed by atoms with E-state index in [1.54, 1.807) is 12.3 Å². The van der Waals surface area contributed by atoms with E-state index in [1.807, 2.05) is 12.1 Å². The SMILES string of the molecule is O=C(NCC1CCCCC1)c1cnc(N2CCN(C3CCN(Cc4ccc(Cl)cc4)CC3)CC2)c(Cl)c1.[HH]. The summed E-state index contributed by atoms with van der Waals surface area (Å²) in [4.78, 5) is 24.7. The first-order valence-electron chi connectivity index (χ1n) is 13.9. The molecule has 2 aromatic rings.